The summed E-state index contributed by atoms with van der Waals surface area (Å²) in [6.07, 6.45) is 3.49. The van der Waals surface area contributed by atoms with E-state index in [-0.39, 0.29) is 5.41 Å². The molecule has 20 heavy (non-hydrogen) atoms. The van der Waals surface area contributed by atoms with Gasteiger partial charge in [-0.15, -0.1) is 0 Å². The first-order chi connectivity index (χ1) is 9.49. The number of rotatable bonds is 5. The van der Waals surface area contributed by atoms with E-state index < -0.39 is 0 Å². The minimum atomic E-state index is -0.0526. The Morgan fingerprint density at radius 2 is 1.80 bits per heavy atom. The Kier molecular flexibility index (Phi) is 4.97. The Morgan fingerprint density at radius 3 is 2.45 bits per heavy atom. The second kappa shape index (κ2) is 6.53. The molecule has 0 aliphatic carbocycles. The van der Waals surface area contributed by atoms with Gasteiger partial charge in [0, 0.05) is 24.4 Å². The van der Waals surface area contributed by atoms with E-state index >= 15 is 0 Å². The van der Waals surface area contributed by atoms with Crippen LogP contribution < -0.4 is 5.32 Å². The lowest BCUT2D eigenvalue weighted by molar-refractivity contribution is 0.464. The van der Waals surface area contributed by atoms with Crippen LogP contribution >= 0.6 is 23.2 Å². The van der Waals surface area contributed by atoms with Crippen molar-refractivity contribution in [1.82, 2.24) is 15.3 Å². The van der Waals surface area contributed by atoms with Gasteiger partial charge in [0.25, 0.3) is 0 Å². The summed E-state index contributed by atoms with van der Waals surface area (Å²) in [6, 6.07) is 7.57. The summed E-state index contributed by atoms with van der Waals surface area (Å²) in [5.41, 5.74) is 1.09. The molecule has 0 aliphatic heterocycles. The molecule has 0 aliphatic rings. The van der Waals surface area contributed by atoms with E-state index in [1.54, 1.807) is 12.4 Å². The van der Waals surface area contributed by atoms with E-state index in [2.05, 4.69) is 29.1 Å². The van der Waals surface area contributed by atoms with E-state index in [1.807, 2.05) is 24.3 Å². The molecule has 0 fully saturated rings. The van der Waals surface area contributed by atoms with Crippen molar-refractivity contribution in [3.8, 4) is 0 Å². The average Bonchev–Trinajstić information content (AvgIpc) is 2.43. The highest BCUT2D eigenvalue weighted by atomic mass is 35.5. The minimum absolute atomic E-state index is 0.0526. The third-order valence-corrected chi connectivity index (χ3v) is 3.91. The largest absolute Gasteiger partial charge is 0.309 e. The molecule has 0 atom stereocenters. The number of hydrogen-bond acceptors (Lipinski definition) is 3. The highest BCUT2D eigenvalue weighted by Crippen LogP contribution is 2.29. The molecule has 1 aromatic carbocycles. The van der Waals surface area contributed by atoms with Crippen molar-refractivity contribution in [1.29, 1.82) is 0 Å². The van der Waals surface area contributed by atoms with Crippen molar-refractivity contribution < 1.29 is 0 Å². The topological polar surface area (TPSA) is 37.8 Å². The van der Waals surface area contributed by atoms with Gasteiger partial charge in [0.15, 0.2) is 0 Å². The maximum atomic E-state index is 6.08. The van der Waals surface area contributed by atoms with Gasteiger partial charge in [-0.05, 0) is 23.8 Å². The molecule has 0 bridgehead atoms. The number of nitrogens with one attached hydrogen (secondary N) is 1. The molecular formula is C15H17Cl2N3. The number of aromatic nitrogens is 2. The molecule has 1 N–H and O–H groups in total. The second-order valence-corrected chi connectivity index (χ2v) is 6.10. The van der Waals surface area contributed by atoms with Gasteiger partial charge < -0.3 is 5.32 Å². The van der Waals surface area contributed by atoms with Crippen LogP contribution in [0, 0.1) is 0 Å². The van der Waals surface area contributed by atoms with Gasteiger partial charge in [0.05, 0.1) is 16.6 Å². The first kappa shape index (κ1) is 15.2. The average molecular weight is 310 g/mol. The fraction of sp³-hybridized carbons (Fsp3) is 0.333. The molecule has 0 saturated heterocycles. The van der Waals surface area contributed by atoms with E-state index in [0.29, 0.717) is 16.6 Å². The third kappa shape index (κ3) is 3.92. The number of halogens is 2. The number of benzene rings is 1. The molecule has 2 rings (SSSR count). The molecule has 0 saturated carbocycles. The van der Waals surface area contributed by atoms with Crippen LogP contribution in [0.1, 0.15) is 25.2 Å². The monoisotopic (exact) mass is 309 g/mol. The molecule has 1 aromatic heterocycles. The van der Waals surface area contributed by atoms with E-state index in [4.69, 9.17) is 23.2 Å². The summed E-state index contributed by atoms with van der Waals surface area (Å²) in [5, 5.41) is 4.54. The van der Waals surface area contributed by atoms with Crippen LogP contribution in [0.2, 0.25) is 10.0 Å². The molecule has 0 spiro atoms. The van der Waals surface area contributed by atoms with Crippen molar-refractivity contribution in [2.45, 2.75) is 25.8 Å². The maximum Gasteiger partial charge on any atom is 0.141 e. The molecule has 0 radical (unpaired) electrons. The predicted octanol–water partition coefficient (Wildman–Crippen LogP) is 3.85. The van der Waals surface area contributed by atoms with Gasteiger partial charge in [-0.3, -0.25) is 0 Å². The molecule has 0 amide bonds. The molecule has 3 nitrogen and oxygen atoms in total. The normalized spacial score (nSPS) is 11.6. The van der Waals surface area contributed by atoms with Crippen LogP contribution in [0.3, 0.4) is 0 Å². The Morgan fingerprint density at radius 1 is 1.10 bits per heavy atom. The molecule has 5 heteroatoms. The van der Waals surface area contributed by atoms with Gasteiger partial charge in [-0.1, -0.05) is 43.1 Å². The Bertz CT molecular complexity index is 571. The smallest absolute Gasteiger partial charge is 0.141 e. The van der Waals surface area contributed by atoms with Crippen LogP contribution in [0.25, 0.3) is 0 Å². The van der Waals surface area contributed by atoms with Gasteiger partial charge in [0.1, 0.15) is 5.82 Å². The molecular weight excluding hydrogens is 293 g/mol. The zero-order chi connectivity index (χ0) is 14.6. The van der Waals surface area contributed by atoms with Gasteiger partial charge in [-0.2, -0.15) is 0 Å². The van der Waals surface area contributed by atoms with Crippen LogP contribution in [0.5, 0.6) is 0 Å². The standard InChI is InChI=1S/C15H17Cl2N3/c1-15(2,11-4-5-12(16)13(17)8-11)10-18-9-14-19-6-3-7-20-14/h3-8,18H,9-10H2,1-2H3. The summed E-state index contributed by atoms with van der Waals surface area (Å²) in [5.74, 6) is 0.789. The number of hydrogen-bond donors (Lipinski definition) is 1. The molecule has 0 unspecified atom stereocenters. The van der Waals surface area contributed by atoms with Gasteiger partial charge in [0.2, 0.25) is 0 Å². The Hall–Kier alpha value is -1.16. The summed E-state index contributed by atoms with van der Waals surface area (Å²) >= 11 is 12.0. The minimum Gasteiger partial charge on any atom is -0.309 e. The fourth-order valence-electron chi connectivity index (χ4n) is 1.93. The lowest BCUT2D eigenvalue weighted by Crippen LogP contribution is -2.33. The van der Waals surface area contributed by atoms with Crippen LogP contribution in [0.15, 0.2) is 36.7 Å². The fourth-order valence-corrected chi connectivity index (χ4v) is 2.23. The first-order valence-electron chi connectivity index (χ1n) is 6.41. The number of nitrogens with zero attached hydrogens (tertiary/aromatic N) is 2. The molecule has 1 heterocycles. The quantitative estimate of drug-likeness (QED) is 0.911. The van der Waals surface area contributed by atoms with Crippen molar-refractivity contribution in [2.75, 3.05) is 6.54 Å². The Balaban J connectivity index is 1.98. The molecule has 106 valence electrons. The van der Waals surface area contributed by atoms with Gasteiger partial charge >= 0.3 is 0 Å². The predicted molar refractivity (Wildman–Crippen MR) is 83.2 cm³/mol. The highest BCUT2D eigenvalue weighted by Gasteiger charge is 2.21. The summed E-state index contributed by atoms with van der Waals surface area (Å²) < 4.78 is 0. The summed E-state index contributed by atoms with van der Waals surface area (Å²) in [4.78, 5) is 8.37. The van der Waals surface area contributed by atoms with Crippen LogP contribution in [0.4, 0.5) is 0 Å². The van der Waals surface area contributed by atoms with Crippen LogP contribution in [-0.2, 0) is 12.0 Å². The van der Waals surface area contributed by atoms with Crippen molar-refractivity contribution in [2.24, 2.45) is 0 Å². The SMILES string of the molecule is CC(C)(CNCc1ncccn1)c1ccc(Cl)c(Cl)c1. The van der Waals surface area contributed by atoms with Gasteiger partial charge in [-0.25, -0.2) is 9.97 Å². The lowest BCUT2D eigenvalue weighted by atomic mass is 9.84. The second-order valence-electron chi connectivity index (χ2n) is 5.28. The lowest BCUT2D eigenvalue weighted by Gasteiger charge is -2.26. The van der Waals surface area contributed by atoms with E-state index in [1.165, 1.54) is 0 Å². The first-order valence-corrected chi connectivity index (χ1v) is 7.17. The van der Waals surface area contributed by atoms with Crippen molar-refractivity contribution in [3.63, 3.8) is 0 Å². The van der Waals surface area contributed by atoms with E-state index in [0.717, 1.165) is 17.9 Å². The van der Waals surface area contributed by atoms with Crippen molar-refractivity contribution >= 4 is 23.2 Å². The maximum absolute atomic E-state index is 6.08. The zero-order valence-corrected chi connectivity index (χ0v) is 13.0. The third-order valence-electron chi connectivity index (χ3n) is 3.17. The Labute approximate surface area is 129 Å². The summed E-state index contributed by atoms with van der Waals surface area (Å²) in [7, 11) is 0. The summed E-state index contributed by atoms with van der Waals surface area (Å²) in [6.45, 7) is 5.76. The zero-order valence-electron chi connectivity index (χ0n) is 11.5. The van der Waals surface area contributed by atoms with Crippen LogP contribution in [-0.4, -0.2) is 16.5 Å². The highest BCUT2D eigenvalue weighted by molar-refractivity contribution is 6.42. The van der Waals surface area contributed by atoms with Crippen molar-refractivity contribution in [3.05, 3.63) is 58.1 Å². The van der Waals surface area contributed by atoms with E-state index in [9.17, 15) is 0 Å². The molecule has 2 aromatic rings.